The molecule has 0 radical (unpaired) electrons. The Hall–Kier alpha value is -1.13. The van der Waals surface area contributed by atoms with Crippen molar-refractivity contribution in [1.29, 1.82) is 0 Å². The molecule has 2 aromatic heterocycles. The van der Waals surface area contributed by atoms with E-state index in [4.69, 9.17) is 16.3 Å². The molecule has 112 valence electrons. The van der Waals surface area contributed by atoms with Crippen molar-refractivity contribution in [1.82, 2.24) is 9.97 Å². The highest BCUT2D eigenvalue weighted by molar-refractivity contribution is 7.12. The van der Waals surface area contributed by atoms with E-state index < -0.39 is 0 Å². The van der Waals surface area contributed by atoms with Gasteiger partial charge in [-0.1, -0.05) is 6.42 Å². The molecular weight excluding hydrogens is 304 g/mol. The summed E-state index contributed by atoms with van der Waals surface area (Å²) in [5, 5.41) is -0.0264. The maximum absolute atomic E-state index is 6.61. The molecule has 1 unspecified atom stereocenters. The zero-order chi connectivity index (χ0) is 14.7. The fourth-order valence-corrected chi connectivity index (χ4v) is 4.32. The number of ether oxygens (including phenoxy) is 1. The highest BCUT2D eigenvalue weighted by atomic mass is 35.5. The summed E-state index contributed by atoms with van der Waals surface area (Å²) >= 11 is 8.49. The summed E-state index contributed by atoms with van der Waals surface area (Å²) in [5.41, 5.74) is 2.43. The second-order valence-corrected chi connectivity index (χ2v) is 7.08. The van der Waals surface area contributed by atoms with E-state index >= 15 is 0 Å². The maximum atomic E-state index is 6.61. The summed E-state index contributed by atoms with van der Waals surface area (Å²) in [6.07, 6.45) is 8.62. The van der Waals surface area contributed by atoms with Crippen LogP contribution in [0.2, 0.25) is 0 Å². The monoisotopic (exact) mass is 322 g/mol. The lowest BCUT2D eigenvalue weighted by Crippen LogP contribution is -1.98. The number of aromatic nitrogens is 2. The first kappa shape index (κ1) is 14.8. The van der Waals surface area contributed by atoms with Crippen LogP contribution in [0.4, 0.5) is 0 Å². The van der Waals surface area contributed by atoms with Gasteiger partial charge in [0, 0.05) is 27.9 Å². The molecule has 21 heavy (non-hydrogen) atoms. The van der Waals surface area contributed by atoms with Crippen LogP contribution >= 0.6 is 22.9 Å². The third kappa shape index (κ3) is 3.55. The van der Waals surface area contributed by atoms with Crippen LogP contribution in [0, 0.1) is 0 Å². The maximum Gasteiger partial charge on any atom is 0.216 e. The minimum atomic E-state index is -0.0264. The van der Waals surface area contributed by atoms with E-state index in [1.165, 1.54) is 53.7 Å². The van der Waals surface area contributed by atoms with Crippen molar-refractivity contribution in [2.75, 3.05) is 7.11 Å². The molecule has 2 heterocycles. The minimum absolute atomic E-state index is 0.0264. The molecule has 0 spiro atoms. The van der Waals surface area contributed by atoms with Crippen molar-refractivity contribution < 1.29 is 4.74 Å². The third-order valence-electron chi connectivity index (χ3n) is 3.87. The summed E-state index contributed by atoms with van der Waals surface area (Å²) in [6.45, 7) is 0. The van der Waals surface area contributed by atoms with Crippen LogP contribution in [0.25, 0.3) is 0 Å². The van der Waals surface area contributed by atoms with Gasteiger partial charge in [0.05, 0.1) is 12.5 Å². The quantitative estimate of drug-likeness (QED) is 0.620. The Balaban J connectivity index is 1.74. The molecule has 0 saturated heterocycles. The predicted octanol–water partition coefficient (Wildman–Crippen LogP) is 4.34. The number of aryl methyl sites for hydroxylation is 2. The van der Waals surface area contributed by atoms with Crippen LogP contribution in [-0.4, -0.2) is 17.1 Å². The molecule has 3 nitrogen and oxygen atoms in total. The Kier molecular flexibility index (Phi) is 4.76. The molecule has 0 aliphatic heterocycles. The minimum Gasteiger partial charge on any atom is -0.481 e. The Morgan fingerprint density at radius 2 is 2.10 bits per heavy atom. The lowest BCUT2D eigenvalue weighted by Gasteiger charge is -2.07. The Morgan fingerprint density at radius 1 is 1.24 bits per heavy atom. The van der Waals surface area contributed by atoms with Gasteiger partial charge in [0.2, 0.25) is 5.88 Å². The number of nitrogens with zero attached hydrogens (tertiary/aromatic N) is 2. The zero-order valence-corrected chi connectivity index (χ0v) is 13.7. The number of rotatable bonds is 4. The van der Waals surface area contributed by atoms with E-state index in [0.717, 1.165) is 5.69 Å². The van der Waals surface area contributed by atoms with Crippen molar-refractivity contribution in [3.8, 4) is 5.88 Å². The molecule has 1 aliphatic rings. The first-order valence-electron chi connectivity index (χ1n) is 7.36. The average Bonchev–Trinajstić information content (AvgIpc) is 2.79. The van der Waals surface area contributed by atoms with Crippen LogP contribution in [-0.2, 0) is 19.3 Å². The molecule has 0 saturated carbocycles. The Bertz CT molecular complexity index is 591. The molecule has 5 heteroatoms. The van der Waals surface area contributed by atoms with Crippen LogP contribution in [0.1, 0.15) is 45.7 Å². The van der Waals surface area contributed by atoms with Crippen LogP contribution in [0.15, 0.2) is 18.5 Å². The number of halogens is 1. The Morgan fingerprint density at radius 3 is 2.95 bits per heavy atom. The number of alkyl halides is 1. The standard InChI is InChI=1S/C16H19ClN2OS/c1-20-16-9-12(18-10-19-16)8-13(17)15-7-11-5-3-2-4-6-14(11)21-15/h7,9-10,13H,2-6,8H2,1H3. The molecule has 0 bridgehead atoms. The smallest absolute Gasteiger partial charge is 0.216 e. The molecule has 3 rings (SSSR count). The van der Waals surface area contributed by atoms with Crippen molar-refractivity contribution >= 4 is 22.9 Å². The van der Waals surface area contributed by atoms with E-state index in [-0.39, 0.29) is 5.38 Å². The van der Waals surface area contributed by atoms with Crippen molar-refractivity contribution in [2.45, 2.75) is 43.9 Å². The number of hydrogen-bond acceptors (Lipinski definition) is 4. The second-order valence-electron chi connectivity index (χ2n) is 5.38. The van der Waals surface area contributed by atoms with Gasteiger partial charge >= 0.3 is 0 Å². The van der Waals surface area contributed by atoms with Gasteiger partial charge in [-0.25, -0.2) is 9.97 Å². The van der Waals surface area contributed by atoms with E-state index in [0.29, 0.717) is 12.3 Å². The van der Waals surface area contributed by atoms with Crippen LogP contribution < -0.4 is 4.74 Å². The molecule has 0 aromatic carbocycles. The van der Waals surface area contributed by atoms with E-state index in [2.05, 4.69) is 16.0 Å². The highest BCUT2D eigenvalue weighted by Crippen LogP contribution is 2.36. The second kappa shape index (κ2) is 6.75. The molecular formula is C16H19ClN2OS. The first-order valence-corrected chi connectivity index (χ1v) is 8.62. The number of methoxy groups -OCH3 is 1. The summed E-state index contributed by atoms with van der Waals surface area (Å²) in [7, 11) is 1.61. The van der Waals surface area contributed by atoms with Crippen molar-refractivity contribution in [3.05, 3.63) is 39.5 Å². The van der Waals surface area contributed by atoms with E-state index in [9.17, 15) is 0 Å². The lowest BCUT2D eigenvalue weighted by atomic mass is 10.1. The zero-order valence-electron chi connectivity index (χ0n) is 12.1. The summed E-state index contributed by atoms with van der Waals surface area (Å²) in [6, 6.07) is 4.16. The lowest BCUT2D eigenvalue weighted by molar-refractivity contribution is 0.396. The predicted molar refractivity (Wildman–Crippen MR) is 86.5 cm³/mol. The normalized spacial score (nSPS) is 16.1. The third-order valence-corrected chi connectivity index (χ3v) is 5.74. The van der Waals surface area contributed by atoms with Gasteiger partial charge in [-0.05, 0) is 37.3 Å². The van der Waals surface area contributed by atoms with E-state index in [1.54, 1.807) is 7.11 Å². The van der Waals surface area contributed by atoms with Gasteiger partial charge in [0.15, 0.2) is 0 Å². The van der Waals surface area contributed by atoms with Gasteiger partial charge < -0.3 is 4.74 Å². The summed E-state index contributed by atoms with van der Waals surface area (Å²) in [5.74, 6) is 0.589. The fraction of sp³-hybridized carbons (Fsp3) is 0.500. The number of hydrogen-bond donors (Lipinski definition) is 0. The molecule has 1 atom stereocenters. The van der Waals surface area contributed by atoms with Crippen LogP contribution in [0.3, 0.4) is 0 Å². The molecule has 0 N–H and O–H groups in total. The molecule has 2 aromatic rings. The van der Waals surface area contributed by atoms with Crippen LogP contribution in [0.5, 0.6) is 5.88 Å². The van der Waals surface area contributed by atoms with Gasteiger partial charge in [-0.3, -0.25) is 0 Å². The fourth-order valence-electron chi connectivity index (χ4n) is 2.73. The van der Waals surface area contributed by atoms with Gasteiger partial charge in [0.1, 0.15) is 6.33 Å². The SMILES string of the molecule is COc1cc(CC(Cl)c2cc3c(s2)CCCCC3)ncn1. The van der Waals surface area contributed by atoms with E-state index in [1.807, 2.05) is 17.4 Å². The van der Waals surface area contributed by atoms with Gasteiger partial charge in [-0.15, -0.1) is 22.9 Å². The number of thiophene rings is 1. The van der Waals surface area contributed by atoms with Crippen molar-refractivity contribution in [2.24, 2.45) is 0 Å². The molecule has 0 fully saturated rings. The highest BCUT2D eigenvalue weighted by Gasteiger charge is 2.18. The molecule has 0 amide bonds. The van der Waals surface area contributed by atoms with Gasteiger partial charge in [0.25, 0.3) is 0 Å². The largest absolute Gasteiger partial charge is 0.481 e. The summed E-state index contributed by atoms with van der Waals surface area (Å²) in [4.78, 5) is 11.1. The van der Waals surface area contributed by atoms with Crippen molar-refractivity contribution in [3.63, 3.8) is 0 Å². The first-order chi connectivity index (χ1) is 10.3. The summed E-state index contributed by atoms with van der Waals surface area (Å²) < 4.78 is 5.13. The van der Waals surface area contributed by atoms with Gasteiger partial charge in [-0.2, -0.15) is 0 Å². The molecule has 1 aliphatic carbocycles. The topological polar surface area (TPSA) is 35.0 Å². The average molecular weight is 323 g/mol. The number of fused-ring (bicyclic) bond motifs is 1. The Labute approximate surface area is 134 Å².